The molecule has 4 nitrogen and oxygen atoms in total. The number of benzene rings is 1. The molecule has 2 N–H and O–H groups in total. The minimum absolute atomic E-state index is 0.0593. The number of rotatable bonds is 5. The predicted octanol–water partition coefficient (Wildman–Crippen LogP) is 3.25. The van der Waals surface area contributed by atoms with Crippen molar-refractivity contribution in [1.82, 2.24) is 4.90 Å². The number of amides is 1. The van der Waals surface area contributed by atoms with Gasteiger partial charge in [-0.3, -0.25) is 4.79 Å². The van der Waals surface area contributed by atoms with Crippen molar-refractivity contribution in [2.24, 2.45) is 0 Å². The zero-order chi connectivity index (χ0) is 14.7. The maximum atomic E-state index is 12.4. The molecule has 0 saturated carbocycles. The number of methoxy groups -OCH3 is 1. The van der Waals surface area contributed by atoms with Gasteiger partial charge in [-0.15, -0.1) is 11.3 Å². The van der Waals surface area contributed by atoms with Crippen molar-refractivity contribution in [2.45, 2.75) is 6.42 Å². The standard InChI is InChI=1S/C14H17ClN2O2S/c1-17(6-3-7-19-2)14(18)13-12(16)10-8-9(15)4-5-11(10)20-13/h4-5,8H,3,6-7,16H2,1-2H3. The fourth-order valence-electron chi connectivity index (χ4n) is 1.97. The second-order valence-electron chi connectivity index (χ2n) is 4.56. The minimum Gasteiger partial charge on any atom is -0.397 e. The van der Waals surface area contributed by atoms with Crippen LogP contribution in [0.1, 0.15) is 16.1 Å². The lowest BCUT2D eigenvalue weighted by atomic mass is 10.2. The number of carbonyl (C=O) groups excluding carboxylic acids is 1. The van der Waals surface area contributed by atoms with E-state index in [0.717, 1.165) is 16.5 Å². The van der Waals surface area contributed by atoms with E-state index in [1.165, 1.54) is 11.3 Å². The summed E-state index contributed by atoms with van der Waals surface area (Å²) < 4.78 is 5.96. The number of nitrogens with two attached hydrogens (primary N) is 1. The number of halogens is 1. The number of ether oxygens (including phenoxy) is 1. The second-order valence-corrected chi connectivity index (χ2v) is 6.05. The number of nitrogens with zero attached hydrogens (tertiary/aromatic N) is 1. The number of fused-ring (bicyclic) bond motifs is 1. The number of hydrogen-bond acceptors (Lipinski definition) is 4. The van der Waals surface area contributed by atoms with E-state index < -0.39 is 0 Å². The van der Waals surface area contributed by atoms with Gasteiger partial charge in [-0.2, -0.15) is 0 Å². The molecule has 2 aromatic rings. The molecular formula is C14H17ClN2O2S. The molecule has 1 aromatic heterocycles. The fourth-order valence-corrected chi connectivity index (χ4v) is 3.24. The van der Waals surface area contributed by atoms with Gasteiger partial charge in [0.15, 0.2) is 0 Å². The van der Waals surface area contributed by atoms with E-state index in [9.17, 15) is 4.79 Å². The van der Waals surface area contributed by atoms with E-state index in [-0.39, 0.29) is 5.91 Å². The van der Waals surface area contributed by atoms with Crippen molar-refractivity contribution in [2.75, 3.05) is 33.0 Å². The van der Waals surface area contributed by atoms with E-state index in [1.807, 2.05) is 6.07 Å². The Balaban J connectivity index is 2.24. The van der Waals surface area contributed by atoms with E-state index >= 15 is 0 Å². The van der Waals surface area contributed by atoms with Crippen molar-refractivity contribution in [3.8, 4) is 0 Å². The molecule has 0 spiro atoms. The normalized spacial score (nSPS) is 10.9. The first-order valence-corrected chi connectivity index (χ1v) is 7.46. The van der Waals surface area contributed by atoms with Crippen molar-refractivity contribution < 1.29 is 9.53 Å². The van der Waals surface area contributed by atoms with E-state index in [1.54, 1.807) is 31.2 Å². The smallest absolute Gasteiger partial charge is 0.265 e. The summed E-state index contributed by atoms with van der Waals surface area (Å²) in [7, 11) is 3.42. The van der Waals surface area contributed by atoms with Crippen LogP contribution in [0.3, 0.4) is 0 Å². The first-order valence-electron chi connectivity index (χ1n) is 6.26. The Morgan fingerprint density at radius 1 is 1.50 bits per heavy atom. The van der Waals surface area contributed by atoms with Crippen molar-refractivity contribution in [1.29, 1.82) is 0 Å². The highest BCUT2D eigenvalue weighted by atomic mass is 35.5. The number of carbonyl (C=O) groups is 1. The van der Waals surface area contributed by atoms with Gasteiger partial charge < -0.3 is 15.4 Å². The number of anilines is 1. The Bertz CT molecular complexity index is 627. The van der Waals surface area contributed by atoms with Gasteiger partial charge in [0.2, 0.25) is 0 Å². The number of thiophene rings is 1. The zero-order valence-corrected chi connectivity index (χ0v) is 13.1. The molecule has 1 heterocycles. The van der Waals surface area contributed by atoms with E-state index in [0.29, 0.717) is 28.7 Å². The summed E-state index contributed by atoms with van der Waals surface area (Å²) in [4.78, 5) is 14.6. The maximum absolute atomic E-state index is 12.4. The van der Waals surface area contributed by atoms with Crippen LogP contribution in [0, 0.1) is 0 Å². The summed E-state index contributed by atoms with van der Waals surface area (Å²) >= 11 is 7.37. The van der Waals surface area contributed by atoms with Gasteiger partial charge in [0, 0.05) is 42.4 Å². The fraction of sp³-hybridized carbons (Fsp3) is 0.357. The lowest BCUT2D eigenvalue weighted by Gasteiger charge is -2.16. The Kier molecular flexibility index (Phi) is 4.86. The van der Waals surface area contributed by atoms with Crippen LogP contribution in [0.15, 0.2) is 18.2 Å². The first kappa shape index (κ1) is 15.1. The molecule has 1 amide bonds. The largest absolute Gasteiger partial charge is 0.397 e. The maximum Gasteiger partial charge on any atom is 0.265 e. The zero-order valence-electron chi connectivity index (χ0n) is 11.5. The van der Waals surface area contributed by atoms with Crippen LogP contribution in [0.4, 0.5) is 5.69 Å². The molecule has 108 valence electrons. The molecule has 6 heteroatoms. The van der Waals surface area contributed by atoms with E-state index in [4.69, 9.17) is 22.1 Å². The molecule has 0 bridgehead atoms. The van der Waals surface area contributed by atoms with Gasteiger partial charge in [0.25, 0.3) is 5.91 Å². The topological polar surface area (TPSA) is 55.6 Å². The SMILES string of the molecule is COCCCN(C)C(=O)c1sc2ccc(Cl)cc2c1N. The van der Waals surface area contributed by atoms with Crippen LogP contribution in [0.25, 0.3) is 10.1 Å². The highest BCUT2D eigenvalue weighted by molar-refractivity contribution is 7.21. The van der Waals surface area contributed by atoms with Gasteiger partial charge in [0.1, 0.15) is 4.88 Å². The average Bonchev–Trinajstić information content (AvgIpc) is 2.75. The highest BCUT2D eigenvalue weighted by Gasteiger charge is 2.19. The van der Waals surface area contributed by atoms with Gasteiger partial charge in [-0.1, -0.05) is 11.6 Å². The van der Waals surface area contributed by atoms with Gasteiger partial charge in [-0.05, 0) is 24.6 Å². The average molecular weight is 313 g/mol. The predicted molar refractivity (Wildman–Crippen MR) is 84.7 cm³/mol. The van der Waals surface area contributed by atoms with Crippen molar-refractivity contribution in [3.05, 3.63) is 28.1 Å². The lowest BCUT2D eigenvalue weighted by Crippen LogP contribution is -2.28. The Morgan fingerprint density at radius 2 is 2.25 bits per heavy atom. The molecule has 0 unspecified atom stereocenters. The molecule has 0 saturated heterocycles. The molecule has 0 atom stereocenters. The summed E-state index contributed by atoms with van der Waals surface area (Å²) in [6.45, 7) is 1.27. The first-order chi connectivity index (χ1) is 9.54. The Hall–Kier alpha value is -1.30. The molecule has 1 aromatic carbocycles. The molecule has 0 aliphatic carbocycles. The monoisotopic (exact) mass is 312 g/mol. The third-order valence-corrected chi connectivity index (χ3v) is 4.48. The summed E-state index contributed by atoms with van der Waals surface area (Å²) in [5.41, 5.74) is 6.59. The minimum atomic E-state index is -0.0593. The molecule has 0 radical (unpaired) electrons. The third kappa shape index (κ3) is 3.06. The molecule has 2 rings (SSSR count). The van der Waals surface area contributed by atoms with Crippen LogP contribution in [-0.4, -0.2) is 38.1 Å². The van der Waals surface area contributed by atoms with Crippen LogP contribution in [0.5, 0.6) is 0 Å². The van der Waals surface area contributed by atoms with Crippen LogP contribution in [-0.2, 0) is 4.74 Å². The lowest BCUT2D eigenvalue weighted by molar-refractivity contribution is 0.0785. The molecule has 0 aliphatic heterocycles. The molecule has 20 heavy (non-hydrogen) atoms. The Morgan fingerprint density at radius 3 is 2.95 bits per heavy atom. The summed E-state index contributed by atoms with van der Waals surface area (Å²) in [5.74, 6) is -0.0593. The second kappa shape index (κ2) is 6.43. The van der Waals surface area contributed by atoms with Crippen LogP contribution < -0.4 is 5.73 Å². The quantitative estimate of drug-likeness (QED) is 0.862. The van der Waals surface area contributed by atoms with Gasteiger partial charge in [0.05, 0.1) is 5.69 Å². The molecular weight excluding hydrogens is 296 g/mol. The number of nitrogen functional groups attached to an aromatic ring is 1. The van der Waals surface area contributed by atoms with Gasteiger partial charge >= 0.3 is 0 Å². The highest BCUT2D eigenvalue weighted by Crippen LogP contribution is 2.35. The van der Waals surface area contributed by atoms with Crippen LogP contribution >= 0.6 is 22.9 Å². The third-order valence-electron chi connectivity index (χ3n) is 3.07. The summed E-state index contributed by atoms with van der Waals surface area (Å²) in [6.07, 6.45) is 0.801. The molecule has 0 aliphatic rings. The number of hydrogen-bond donors (Lipinski definition) is 1. The Labute approximate surface area is 127 Å². The van der Waals surface area contributed by atoms with Crippen LogP contribution in [0.2, 0.25) is 5.02 Å². The van der Waals surface area contributed by atoms with Crippen molar-refractivity contribution >= 4 is 44.6 Å². The van der Waals surface area contributed by atoms with Crippen molar-refractivity contribution in [3.63, 3.8) is 0 Å². The van der Waals surface area contributed by atoms with Gasteiger partial charge in [-0.25, -0.2) is 0 Å². The summed E-state index contributed by atoms with van der Waals surface area (Å²) in [6, 6.07) is 5.49. The van der Waals surface area contributed by atoms with E-state index in [2.05, 4.69) is 0 Å². The molecule has 0 fully saturated rings. The summed E-state index contributed by atoms with van der Waals surface area (Å²) in [5, 5.41) is 1.46.